The van der Waals surface area contributed by atoms with Crippen LogP contribution in [-0.4, -0.2) is 58.4 Å². The van der Waals surface area contributed by atoms with Crippen molar-refractivity contribution in [1.82, 2.24) is 15.6 Å². The van der Waals surface area contributed by atoms with E-state index in [9.17, 15) is 22.8 Å². The molecule has 4 rings (SSSR count). The van der Waals surface area contributed by atoms with Crippen molar-refractivity contribution < 1.29 is 37.8 Å². The molecule has 35 heavy (non-hydrogen) atoms. The first-order valence-corrected chi connectivity index (χ1v) is 12.9. The van der Waals surface area contributed by atoms with Gasteiger partial charge in [-0.1, -0.05) is 0 Å². The van der Waals surface area contributed by atoms with E-state index in [1.165, 1.54) is 15.6 Å². The highest BCUT2D eigenvalue weighted by molar-refractivity contribution is 7.11. The molecule has 1 aliphatic heterocycles. The van der Waals surface area contributed by atoms with Gasteiger partial charge >= 0.3 is 18.1 Å². The molecule has 8 nitrogen and oxygen atoms in total. The number of hydrogen-bond acceptors (Lipinski definition) is 6. The predicted octanol–water partition coefficient (Wildman–Crippen LogP) is 3.50. The largest absolute Gasteiger partial charge is 0.490 e. The zero-order valence-corrected chi connectivity index (χ0v) is 20.2. The molecule has 0 unspecified atom stereocenters. The van der Waals surface area contributed by atoms with Crippen LogP contribution in [0.4, 0.5) is 13.2 Å². The second-order valence-corrected chi connectivity index (χ2v) is 10.5. The number of carboxylic acids is 2. The fourth-order valence-corrected chi connectivity index (χ4v) is 6.19. The Balaban J connectivity index is 0.000000429. The van der Waals surface area contributed by atoms with Crippen LogP contribution in [0.3, 0.4) is 0 Å². The number of alkyl halides is 3. The highest BCUT2D eigenvalue weighted by Crippen LogP contribution is 2.39. The van der Waals surface area contributed by atoms with E-state index >= 15 is 0 Å². The Bertz CT molecular complexity index is 868. The van der Waals surface area contributed by atoms with E-state index in [0.29, 0.717) is 18.8 Å². The van der Waals surface area contributed by atoms with Gasteiger partial charge in [0.2, 0.25) is 5.91 Å². The molecule has 1 aromatic heterocycles. The summed E-state index contributed by atoms with van der Waals surface area (Å²) in [5.74, 6) is -2.88. The molecule has 0 bridgehead atoms. The normalized spacial score (nSPS) is 26.9. The number of carboxylic acid groups (broad SMARTS) is 2. The van der Waals surface area contributed by atoms with E-state index in [4.69, 9.17) is 20.0 Å². The topological polar surface area (TPSA) is 129 Å². The molecule has 2 saturated carbocycles. The molecule has 0 radical (unpaired) electrons. The van der Waals surface area contributed by atoms with Crippen LogP contribution in [0.5, 0.6) is 0 Å². The molecule has 12 heteroatoms. The number of aromatic nitrogens is 1. The number of halogens is 3. The molecule has 3 aliphatic rings. The van der Waals surface area contributed by atoms with Crippen molar-refractivity contribution in [2.45, 2.75) is 82.3 Å². The van der Waals surface area contributed by atoms with Gasteiger partial charge in [0.1, 0.15) is 0 Å². The number of amides is 1. The molecule has 4 N–H and O–H groups in total. The monoisotopic (exact) mass is 519 g/mol. The molecular weight excluding hydrogens is 487 g/mol. The molecule has 0 spiro atoms. The summed E-state index contributed by atoms with van der Waals surface area (Å²) in [4.78, 5) is 39.0. The minimum Gasteiger partial charge on any atom is -0.481 e. The maximum absolute atomic E-state index is 12.7. The summed E-state index contributed by atoms with van der Waals surface area (Å²) >= 11 is 1.90. The van der Waals surface area contributed by atoms with Crippen molar-refractivity contribution in [3.63, 3.8) is 0 Å². The molecule has 0 aromatic carbocycles. The van der Waals surface area contributed by atoms with Gasteiger partial charge < -0.3 is 20.8 Å². The molecule has 2 heterocycles. The summed E-state index contributed by atoms with van der Waals surface area (Å²) in [6, 6.07) is 0.157. The molecular formula is C23H32F3N3O5S. The van der Waals surface area contributed by atoms with Gasteiger partial charge in [-0.3, -0.25) is 9.59 Å². The zero-order valence-electron chi connectivity index (χ0n) is 19.4. The van der Waals surface area contributed by atoms with Crippen LogP contribution in [0, 0.1) is 11.8 Å². The molecule has 1 aromatic rings. The second-order valence-electron chi connectivity index (χ2n) is 9.42. The molecule has 0 atom stereocenters. The third-order valence-corrected chi connectivity index (χ3v) is 8.29. The van der Waals surface area contributed by atoms with E-state index in [1.807, 2.05) is 11.3 Å². The predicted molar refractivity (Wildman–Crippen MR) is 122 cm³/mol. The third kappa shape index (κ3) is 7.89. The molecule has 0 saturated heterocycles. The number of carbonyl (C=O) groups excluding carboxylic acids is 1. The number of rotatable bonds is 4. The first-order valence-electron chi connectivity index (χ1n) is 12.1. The Labute approximate surface area is 205 Å². The maximum Gasteiger partial charge on any atom is 0.490 e. The van der Waals surface area contributed by atoms with E-state index in [0.717, 1.165) is 64.5 Å². The van der Waals surface area contributed by atoms with Crippen molar-refractivity contribution in [1.29, 1.82) is 0 Å². The van der Waals surface area contributed by atoms with Gasteiger partial charge in [-0.25, -0.2) is 9.78 Å². The van der Waals surface area contributed by atoms with Crippen molar-refractivity contribution in [2.75, 3.05) is 13.1 Å². The average Bonchev–Trinajstić information content (AvgIpc) is 3.09. The Morgan fingerprint density at radius 3 is 2.06 bits per heavy atom. The summed E-state index contributed by atoms with van der Waals surface area (Å²) in [5.41, 5.74) is 1.29. The Hall–Kier alpha value is -2.21. The van der Waals surface area contributed by atoms with Gasteiger partial charge in [-0.15, -0.1) is 11.3 Å². The van der Waals surface area contributed by atoms with Gasteiger partial charge in [0, 0.05) is 42.3 Å². The lowest BCUT2D eigenvalue weighted by Crippen LogP contribution is -2.42. The summed E-state index contributed by atoms with van der Waals surface area (Å²) in [7, 11) is 0. The van der Waals surface area contributed by atoms with Crippen LogP contribution < -0.4 is 10.6 Å². The molecule has 2 aliphatic carbocycles. The molecule has 1 amide bonds. The van der Waals surface area contributed by atoms with Crippen LogP contribution in [0.15, 0.2) is 0 Å². The zero-order chi connectivity index (χ0) is 25.6. The van der Waals surface area contributed by atoms with Gasteiger partial charge in [0.05, 0.1) is 16.6 Å². The minimum atomic E-state index is -5.08. The Morgan fingerprint density at radius 1 is 0.914 bits per heavy atom. The number of nitrogens with one attached hydrogen (secondary N) is 2. The van der Waals surface area contributed by atoms with Crippen molar-refractivity contribution >= 4 is 29.2 Å². The fourth-order valence-electron chi connectivity index (χ4n) is 4.91. The highest BCUT2D eigenvalue weighted by Gasteiger charge is 2.38. The third-order valence-electron chi connectivity index (χ3n) is 6.97. The van der Waals surface area contributed by atoms with Crippen LogP contribution in [0.1, 0.15) is 72.9 Å². The highest BCUT2D eigenvalue weighted by atomic mass is 32.1. The van der Waals surface area contributed by atoms with E-state index in [-0.39, 0.29) is 23.8 Å². The number of nitrogens with zero attached hydrogens (tertiary/aromatic N) is 1. The smallest absolute Gasteiger partial charge is 0.481 e. The maximum atomic E-state index is 12.7. The SMILES string of the molecule is O=C(N[C@H]1CC[C@H](C(=O)O)CC1)C1CCC(c2nc3c(s2)CCNCC3)CC1.O=C(O)C(F)(F)F. The van der Waals surface area contributed by atoms with Crippen molar-refractivity contribution in [2.24, 2.45) is 11.8 Å². The fraction of sp³-hybridized carbons (Fsp3) is 0.739. The standard InChI is InChI=1S/C21H31N3O3S.C2HF3O2/c25-19(23-16-7-5-15(6-8-16)21(26)27)13-1-3-14(4-2-13)20-24-17-9-11-22-12-10-18(17)28-20;3-2(4,5)1(6)7/h13-16,22H,1-12H2,(H,23,25)(H,26,27);(H,6,7)/t13?,14?,15-,16-;. The van der Waals surface area contributed by atoms with Gasteiger partial charge in [0.25, 0.3) is 0 Å². The molecule has 196 valence electrons. The van der Waals surface area contributed by atoms with Crippen molar-refractivity contribution in [3.8, 4) is 0 Å². The minimum absolute atomic E-state index is 0.107. The summed E-state index contributed by atoms with van der Waals surface area (Å²) in [6.45, 7) is 2.08. The summed E-state index contributed by atoms with van der Waals surface area (Å²) < 4.78 is 31.7. The van der Waals surface area contributed by atoms with E-state index in [2.05, 4.69) is 10.6 Å². The first-order chi connectivity index (χ1) is 16.5. The Morgan fingerprint density at radius 2 is 1.49 bits per heavy atom. The lowest BCUT2D eigenvalue weighted by atomic mass is 9.81. The number of hydrogen-bond donors (Lipinski definition) is 4. The van der Waals surface area contributed by atoms with Gasteiger partial charge in [-0.2, -0.15) is 13.2 Å². The van der Waals surface area contributed by atoms with Gasteiger partial charge in [-0.05, 0) is 57.8 Å². The lowest BCUT2D eigenvalue weighted by molar-refractivity contribution is -0.192. The Kier molecular flexibility index (Phi) is 9.51. The van der Waals surface area contributed by atoms with Crippen LogP contribution in [-0.2, 0) is 27.2 Å². The van der Waals surface area contributed by atoms with Gasteiger partial charge in [0.15, 0.2) is 0 Å². The number of aliphatic carboxylic acids is 2. The lowest BCUT2D eigenvalue weighted by Gasteiger charge is -2.31. The van der Waals surface area contributed by atoms with E-state index in [1.54, 1.807) is 0 Å². The average molecular weight is 520 g/mol. The number of carbonyl (C=O) groups is 3. The van der Waals surface area contributed by atoms with Crippen LogP contribution in [0.2, 0.25) is 0 Å². The van der Waals surface area contributed by atoms with Crippen LogP contribution >= 0.6 is 11.3 Å². The van der Waals surface area contributed by atoms with E-state index < -0.39 is 18.1 Å². The molecule has 2 fully saturated rings. The quantitative estimate of drug-likeness (QED) is 0.479. The second kappa shape index (κ2) is 12.2. The number of fused-ring (bicyclic) bond motifs is 1. The van der Waals surface area contributed by atoms with Crippen molar-refractivity contribution in [3.05, 3.63) is 15.6 Å². The van der Waals surface area contributed by atoms with Crippen LogP contribution in [0.25, 0.3) is 0 Å². The number of thiazole rings is 1. The summed E-state index contributed by atoms with van der Waals surface area (Å²) in [5, 5.41) is 24.1. The summed E-state index contributed by atoms with van der Waals surface area (Å²) in [6.07, 6.45) is 3.95. The first kappa shape index (κ1) is 27.4.